The average molecular weight is 256 g/mol. The summed E-state index contributed by atoms with van der Waals surface area (Å²) in [6, 6.07) is -0.734. The fourth-order valence-electron chi connectivity index (χ4n) is 1.72. The van der Waals surface area contributed by atoms with Gasteiger partial charge in [0.25, 0.3) is 0 Å². The van der Waals surface area contributed by atoms with Gasteiger partial charge >= 0.3 is 6.09 Å². The summed E-state index contributed by atoms with van der Waals surface area (Å²) in [4.78, 5) is 37.8. The molecule has 0 aromatic carbocycles. The molecule has 0 aliphatic carbocycles. The Morgan fingerprint density at radius 2 is 1.89 bits per heavy atom. The first kappa shape index (κ1) is 14.5. The Bertz CT molecular complexity index is 371. The molecule has 1 rings (SSSR count). The van der Waals surface area contributed by atoms with Gasteiger partial charge in [-0.05, 0) is 20.8 Å². The first-order valence-electron chi connectivity index (χ1n) is 5.84. The van der Waals surface area contributed by atoms with Gasteiger partial charge in [0, 0.05) is 20.5 Å². The van der Waals surface area contributed by atoms with Crippen LogP contribution in [0.3, 0.4) is 0 Å². The van der Waals surface area contributed by atoms with Crippen LogP contribution in [-0.2, 0) is 14.3 Å². The lowest BCUT2D eigenvalue weighted by Gasteiger charge is -2.28. The molecule has 0 N–H and O–H groups in total. The molecule has 1 aliphatic heterocycles. The molecule has 0 spiro atoms. The standard InChI is InChI=1S/C12H20N2O4/c1-12(2,3)18-11(17)14-7-8(15)6-9(14)10(16)13(4)5/h9H,6-7H2,1-5H3. The number of carbonyl (C=O) groups excluding carboxylic acids is 3. The Hall–Kier alpha value is -1.59. The molecule has 0 aromatic heterocycles. The normalized spacial score (nSPS) is 19.9. The van der Waals surface area contributed by atoms with Crippen LogP contribution in [0.15, 0.2) is 0 Å². The summed E-state index contributed by atoms with van der Waals surface area (Å²) in [5, 5.41) is 0. The Labute approximate surface area is 107 Å². The van der Waals surface area contributed by atoms with Crippen molar-refractivity contribution in [1.82, 2.24) is 9.80 Å². The van der Waals surface area contributed by atoms with Gasteiger partial charge in [-0.25, -0.2) is 4.79 Å². The van der Waals surface area contributed by atoms with E-state index in [1.807, 2.05) is 0 Å². The highest BCUT2D eigenvalue weighted by Gasteiger charge is 2.41. The van der Waals surface area contributed by atoms with E-state index in [4.69, 9.17) is 4.74 Å². The monoisotopic (exact) mass is 256 g/mol. The second-order valence-corrected chi connectivity index (χ2v) is 5.60. The maximum atomic E-state index is 11.9. The SMILES string of the molecule is CN(C)C(=O)C1CC(=O)CN1C(=O)OC(C)(C)C. The van der Waals surface area contributed by atoms with Gasteiger partial charge in [-0.3, -0.25) is 14.5 Å². The zero-order valence-electron chi connectivity index (χ0n) is 11.5. The fourth-order valence-corrected chi connectivity index (χ4v) is 1.72. The number of carbonyl (C=O) groups is 3. The highest BCUT2D eigenvalue weighted by atomic mass is 16.6. The van der Waals surface area contributed by atoms with Crippen LogP contribution in [-0.4, -0.2) is 59.9 Å². The minimum absolute atomic E-state index is 0.0564. The number of Topliss-reactive ketones (excluding diaryl/α,β-unsaturated/α-hetero) is 1. The minimum Gasteiger partial charge on any atom is -0.444 e. The summed E-state index contributed by atoms with van der Waals surface area (Å²) in [7, 11) is 3.19. The molecule has 1 atom stereocenters. The smallest absolute Gasteiger partial charge is 0.411 e. The zero-order chi connectivity index (χ0) is 14.1. The average Bonchev–Trinajstić information content (AvgIpc) is 2.56. The number of ether oxygens (including phenoxy) is 1. The molecule has 0 bridgehead atoms. The van der Waals surface area contributed by atoms with Gasteiger partial charge in [0.05, 0.1) is 6.54 Å². The summed E-state index contributed by atoms with van der Waals surface area (Å²) in [6.07, 6.45) is -0.551. The molecule has 6 heteroatoms. The highest BCUT2D eigenvalue weighted by Crippen LogP contribution is 2.20. The van der Waals surface area contributed by atoms with Crippen LogP contribution in [0.5, 0.6) is 0 Å². The minimum atomic E-state index is -0.734. The molecule has 102 valence electrons. The largest absolute Gasteiger partial charge is 0.444 e. The number of rotatable bonds is 1. The van der Waals surface area contributed by atoms with Crippen molar-refractivity contribution in [3.63, 3.8) is 0 Å². The molecule has 0 radical (unpaired) electrons. The number of ketones is 1. The van der Waals surface area contributed by atoms with Gasteiger partial charge in [-0.2, -0.15) is 0 Å². The van der Waals surface area contributed by atoms with E-state index in [-0.39, 0.29) is 24.7 Å². The van der Waals surface area contributed by atoms with Gasteiger partial charge in [-0.1, -0.05) is 0 Å². The van der Waals surface area contributed by atoms with Crippen LogP contribution < -0.4 is 0 Å². The summed E-state index contributed by atoms with van der Waals surface area (Å²) >= 11 is 0. The van der Waals surface area contributed by atoms with Crippen molar-refractivity contribution in [3.05, 3.63) is 0 Å². The van der Waals surface area contributed by atoms with Gasteiger partial charge in [0.1, 0.15) is 11.6 Å². The van der Waals surface area contributed by atoms with Gasteiger partial charge in [0.2, 0.25) is 5.91 Å². The van der Waals surface area contributed by atoms with Crippen LogP contribution in [0.4, 0.5) is 4.79 Å². The second kappa shape index (κ2) is 4.96. The molecule has 1 saturated heterocycles. The molecular formula is C12H20N2O4. The predicted octanol–water partition coefficient (Wildman–Crippen LogP) is 0.653. The molecule has 1 heterocycles. The van der Waals surface area contributed by atoms with Crippen molar-refractivity contribution in [2.24, 2.45) is 0 Å². The molecule has 1 aliphatic rings. The Balaban J connectivity index is 2.82. The molecule has 1 fully saturated rings. The third-order valence-electron chi connectivity index (χ3n) is 2.50. The fraction of sp³-hybridized carbons (Fsp3) is 0.750. The van der Waals surface area contributed by atoms with Crippen molar-refractivity contribution < 1.29 is 19.1 Å². The number of likely N-dealkylation sites (tertiary alicyclic amines) is 1. The van der Waals surface area contributed by atoms with E-state index in [1.165, 1.54) is 9.80 Å². The Morgan fingerprint density at radius 1 is 1.33 bits per heavy atom. The van der Waals surface area contributed by atoms with E-state index in [0.717, 1.165) is 0 Å². The number of hydrogen-bond donors (Lipinski definition) is 0. The number of amides is 2. The van der Waals surface area contributed by atoms with Crippen LogP contribution in [0, 0.1) is 0 Å². The number of likely N-dealkylation sites (N-methyl/N-ethyl adjacent to an activating group) is 1. The first-order valence-corrected chi connectivity index (χ1v) is 5.84. The summed E-state index contributed by atoms with van der Waals surface area (Å²) < 4.78 is 5.19. The Kier molecular flexibility index (Phi) is 3.98. The van der Waals surface area contributed by atoms with E-state index < -0.39 is 17.7 Å². The maximum Gasteiger partial charge on any atom is 0.411 e. The number of hydrogen-bond acceptors (Lipinski definition) is 4. The van der Waals surface area contributed by atoms with Crippen LogP contribution in [0.1, 0.15) is 27.2 Å². The molecule has 6 nitrogen and oxygen atoms in total. The van der Waals surface area contributed by atoms with E-state index in [0.29, 0.717) is 0 Å². The molecule has 0 aromatic rings. The lowest BCUT2D eigenvalue weighted by atomic mass is 10.2. The second-order valence-electron chi connectivity index (χ2n) is 5.60. The third-order valence-corrected chi connectivity index (χ3v) is 2.50. The van der Waals surface area contributed by atoms with Crippen molar-refractivity contribution in [2.45, 2.75) is 38.8 Å². The van der Waals surface area contributed by atoms with Crippen LogP contribution in [0.2, 0.25) is 0 Å². The van der Waals surface area contributed by atoms with Crippen LogP contribution >= 0.6 is 0 Å². The summed E-state index contributed by atoms with van der Waals surface area (Å²) in [5.74, 6) is -0.382. The van der Waals surface area contributed by atoms with E-state index in [9.17, 15) is 14.4 Å². The molecular weight excluding hydrogens is 236 g/mol. The summed E-state index contributed by atoms with van der Waals surface area (Å²) in [5.41, 5.74) is -0.644. The zero-order valence-corrected chi connectivity index (χ0v) is 11.5. The van der Waals surface area contributed by atoms with Crippen molar-refractivity contribution in [3.8, 4) is 0 Å². The first-order chi connectivity index (χ1) is 8.11. The third kappa shape index (κ3) is 3.45. The quantitative estimate of drug-likeness (QED) is 0.691. The lowest BCUT2D eigenvalue weighted by Crippen LogP contribution is -2.47. The summed E-state index contributed by atoms with van der Waals surface area (Å²) in [6.45, 7) is 5.17. The molecule has 0 saturated carbocycles. The van der Waals surface area contributed by atoms with E-state index in [2.05, 4.69) is 0 Å². The van der Waals surface area contributed by atoms with Crippen molar-refractivity contribution in [2.75, 3.05) is 20.6 Å². The topological polar surface area (TPSA) is 66.9 Å². The highest BCUT2D eigenvalue weighted by molar-refractivity contribution is 5.97. The molecule has 2 amide bonds. The molecule has 1 unspecified atom stereocenters. The maximum absolute atomic E-state index is 11.9. The van der Waals surface area contributed by atoms with Gasteiger partial charge in [-0.15, -0.1) is 0 Å². The lowest BCUT2D eigenvalue weighted by molar-refractivity contribution is -0.133. The van der Waals surface area contributed by atoms with Crippen molar-refractivity contribution in [1.29, 1.82) is 0 Å². The van der Waals surface area contributed by atoms with Crippen molar-refractivity contribution >= 4 is 17.8 Å². The van der Waals surface area contributed by atoms with Gasteiger partial charge < -0.3 is 9.64 Å². The van der Waals surface area contributed by atoms with E-state index >= 15 is 0 Å². The molecule has 18 heavy (non-hydrogen) atoms. The number of nitrogens with zero attached hydrogens (tertiary/aromatic N) is 2. The van der Waals surface area contributed by atoms with E-state index in [1.54, 1.807) is 34.9 Å². The Morgan fingerprint density at radius 3 is 2.33 bits per heavy atom. The van der Waals surface area contributed by atoms with Crippen LogP contribution in [0.25, 0.3) is 0 Å². The predicted molar refractivity (Wildman–Crippen MR) is 65.0 cm³/mol. The van der Waals surface area contributed by atoms with Gasteiger partial charge in [0.15, 0.2) is 5.78 Å².